The number of carbonyl (C=O) groups excluding carboxylic acids is 1. The van der Waals surface area contributed by atoms with E-state index < -0.39 is 6.10 Å². The van der Waals surface area contributed by atoms with E-state index in [2.05, 4.69) is 20.3 Å². The number of likely N-dealkylation sites (tertiary alicyclic amines) is 1. The Bertz CT molecular complexity index is 671. The molecule has 130 valence electrons. The lowest BCUT2D eigenvalue weighted by Crippen LogP contribution is -2.54. The molecule has 9 heteroatoms. The van der Waals surface area contributed by atoms with E-state index in [0.29, 0.717) is 23.7 Å². The highest BCUT2D eigenvalue weighted by Gasteiger charge is 2.29. The van der Waals surface area contributed by atoms with E-state index in [9.17, 15) is 9.90 Å². The summed E-state index contributed by atoms with van der Waals surface area (Å²) in [7, 11) is 0. The van der Waals surface area contributed by atoms with Gasteiger partial charge < -0.3 is 10.4 Å². The fraction of sp³-hybridized carbons (Fsp3) is 0.533. The van der Waals surface area contributed by atoms with E-state index in [1.165, 1.54) is 4.68 Å². The summed E-state index contributed by atoms with van der Waals surface area (Å²) in [5.41, 5.74) is 3.52. The Hall–Kier alpha value is -1.48. The molecule has 0 bridgehead atoms. The topological polar surface area (TPSA) is 83.3 Å². The standard InChI is InChI=1S/C15H20ClN5O2S/c1-10-12(16)5-21(19-10)7-15(23)18-13-2-3-20(6-14(13)22)4-11-8-24-9-17-11/h5,8-9,13-14,22H,2-4,6-7H2,1H3,(H,18,23)/t13-,14-/m1/s1. The van der Waals surface area contributed by atoms with E-state index in [0.717, 1.165) is 18.8 Å². The van der Waals surface area contributed by atoms with Crippen LogP contribution in [0.15, 0.2) is 17.1 Å². The number of piperidine rings is 1. The van der Waals surface area contributed by atoms with Gasteiger partial charge in [-0.3, -0.25) is 14.4 Å². The first-order chi connectivity index (χ1) is 11.5. The number of nitrogens with one attached hydrogen (secondary N) is 1. The molecular formula is C15H20ClN5O2S. The Morgan fingerprint density at radius 2 is 2.42 bits per heavy atom. The van der Waals surface area contributed by atoms with Crippen LogP contribution in [0.1, 0.15) is 17.8 Å². The number of carbonyl (C=O) groups is 1. The van der Waals surface area contributed by atoms with E-state index in [4.69, 9.17) is 11.6 Å². The predicted octanol–water partition coefficient (Wildman–Crippen LogP) is 1.05. The van der Waals surface area contributed by atoms with Crippen molar-refractivity contribution in [1.82, 2.24) is 25.0 Å². The third-order valence-corrected chi connectivity index (χ3v) is 5.08. The van der Waals surface area contributed by atoms with Gasteiger partial charge in [0.1, 0.15) is 6.54 Å². The number of thiazole rings is 1. The largest absolute Gasteiger partial charge is 0.390 e. The average Bonchev–Trinajstić information content (AvgIpc) is 3.12. The molecule has 1 aliphatic heterocycles. The van der Waals surface area contributed by atoms with Crippen molar-refractivity contribution in [3.05, 3.63) is 33.5 Å². The van der Waals surface area contributed by atoms with Gasteiger partial charge in [-0.25, -0.2) is 4.98 Å². The summed E-state index contributed by atoms with van der Waals surface area (Å²) in [5, 5.41) is 19.9. The monoisotopic (exact) mass is 369 g/mol. The van der Waals surface area contributed by atoms with Crippen molar-refractivity contribution in [2.45, 2.75) is 38.6 Å². The minimum absolute atomic E-state index is 0.0965. The Kier molecular flexibility index (Phi) is 5.50. The number of nitrogens with zero attached hydrogens (tertiary/aromatic N) is 4. The molecule has 0 unspecified atom stereocenters. The molecule has 2 N–H and O–H groups in total. The fourth-order valence-corrected chi connectivity index (χ4v) is 3.53. The molecule has 3 heterocycles. The number of rotatable bonds is 5. The lowest BCUT2D eigenvalue weighted by molar-refractivity contribution is -0.124. The number of hydrogen-bond acceptors (Lipinski definition) is 6. The van der Waals surface area contributed by atoms with Crippen LogP contribution in [0.3, 0.4) is 0 Å². The smallest absolute Gasteiger partial charge is 0.242 e. The average molecular weight is 370 g/mol. The van der Waals surface area contributed by atoms with Crippen LogP contribution in [0, 0.1) is 6.92 Å². The van der Waals surface area contributed by atoms with Gasteiger partial charge in [0, 0.05) is 31.2 Å². The highest BCUT2D eigenvalue weighted by Crippen LogP contribution is 2.15. The number of β-amino-alcohol motifs (C(OH)–C–C–N with tert-alkyl or cyclic N) is 1. The van der Waals surface area contributed by atoms with Crippen molar-refractivity contribution in [2.75, 3.05) is 13.1 Å². The Morgan fingerprint density at radius 3 is 3.04 bits per heavy atom. The number of hydrogen-bond donors (Lipinski definition) is 2. The SMILES string of the molecule is Cc1nn(CC(=O)N[C@@H]2CCN(Cc3cscn3)C[C@H]2O)cc1Cl. The summed E-state index contributed by atoms with van der Waals surface area (Å²) < 4.78 is 1.51. The van der Waals surface area contributed by atoms with E-state index in [-0.39, 0.29) is 18.5 Å². The maximum absolute atomic E-state index is 12.1. The Labute approximate surface area is 149 Å². The van der Waals surface area contributed by atoms with Gasteiger partial charge in [-0.15, -0.1) is 11.3 Å². The number of halogens is 1. The third kappa shape index (κ3) is 4.32. The molecule has 3 rings (SSSR count). The molecule has 0 spiro atoms. The number of aromatic nitrogens is 3. The zero-order valence-electron chi connectivity index (χ0n) is 13.4. The second-order valence-corrected chi connectivity index (χ2v) is 7.13. The van der Waals surface area contributed by atoms with E-state index in [1.807, 2.05) is 10.9 Å². The molecule has 0 saturated carbocycles. The van der Waals surface area contributed by atoms with Crippen LogP contribution in [0.25, 0.3) is 0 Å². The normalized spacial score (nSPS) is 21.8. The Balaban J connectivity index is 1.48. The molecule has 2 aromatic heterocycles. The van der Waals surface area contributed by atoms with Crippen molar-refractivity contribution in [3.8, 4) is 0 Å². The van der Waals surface area contributed by atoms with Crippen LogP contribution >= 0.6 is 22.9 Å². The molecule has 0 radical (unpaired) electrons. The first kappa shape index (κ1) is 17.3. The zero-order chi connectivity index (χ0) is 17.1. The van der Waals surface area contributed by atoms with Gasteiger partial charge in [-0.2, -0.15) is 5.10 Å². The molecule has 1 saturated heterocycles. The Morgan fingerprint density at radius 1 is 1.58 bits per heavy atom. The van der Waals surface area contributed by atoms with Crippen LogP contribution in [-0.4, -0.2) is 55.9 Å². The molecule has 24 heavy (non-hydrogen) atoms. The number of aryl methyl sites for hydroxylation is 1. The van der Waals surface area contributed by atoms with Crippen LogP contribution in [0.5, 0.6) is 0 Å². The molecule has 1 amide bonds. The minimum Gasteiger partial charge on any atom is -0.390 e. The fourth-order valence-electron chi connectivity index (χ4n) is 2.83. The molecule has 7 nitrogen and oxygen atoms in total. The van der Waals surface area contributed by atoms with Crippen LogP contribution in [0.2, 0.25) is 5.02 Å². The zero-order valence-corrected chi connectivity index (χ0v) is 14.9. The first-order valence-corrected chi connectivity index (χ1v) is 9.09. The molecule has 1 fully saturated rings. The molecule has 2 atom stereocenters. The van der Waals surface area contributed by atoms with Gasteiger partial charge in [0.2, 0.25) is 5.91 Å². The lowest BCUT2D eigenvalue weighted by Gasteiger charge is -2.35. The number of aliphatic hydroxyl groups is 1. The van der Waals surface area contributed by atoms with Crippen molar-refractivity contribution >= 4 is 28.8 Å². The molecule has 2 aromatic rings. The van der Waals surface area contributed by atoms with Crippen LogP contribution in [-0.2, 0) is 17.9 Å². The minimum atomic E-state index is -0.593. The maximum Gasteiger partial charge on any atom is 0.242 e. The van der Waals surface area contributed by atoms with Crippen LogP contribution < -0.4 is 5.32 Å². The van der Waals surface area contributed by atoms with Gasteiger partial charge in [0.25, 0.3) is 0 Å². The quantitative estimate of drug-likeness (QED) is 0.823. The van der Waals surface area contributed by atoms with Gasteiger partial charge in [-0.1, -0.05) is 11.6 Å². The van der Waals surface area contributed by atoms with Crippen molar-refractivity contribution in [1.29, 1.82) is 0 Å². The first-order valence-electron chi connectivity index (χ1n) is 7.77. The van der Waals surface area contributed by atoms with Gasteiger partial charge in [0.15, 0.2) is 0 Å². The third-order valence-electron chi connectivity index (χ3n) is 4.07. The highest BCUT2D eigenvalue weighted by molar-refractivity contribution is 7.07. The van der Waals surface area contributed by atoms with Crippen molar-refractivity contribution < 1.29 is 9.90 Å². The summed E-state index contributed by atoms with van der Waals surface area (Å²) in [6, 6.07) is -0.240. The van der Waals surface area contributed by atoms with Gasteiger partial charge in [0.05, 0.1) is 34.1 Å². The highest BCUT2D eigenvalue weighted by atomic mass is 35.5. The molecule has 0 aliphatic carbocycles. The second-order valence-electron chi connectivity index (χ2n) is 6.00. The lowest BCUT2D eigenvalue weighted by atomic mass is 10.0. The van der Waals surface area contributed by atoms with E-state index in [1.54, 1.807) is 24.5 Å². The van der Waals surface area contributed by atoms with Crippen molar-refractivity contribution in [3.63, 3.8) is 0 Å². The maximum atomic E-state index is 12.1. The predicted molar refractivity (Wildman–Crippen MR) is 91.9 cm³/mol. The van der Waals surface area contributed by atoms with E-state index >= 15 is 0 Å². The summed E-state index contributed by atoms with van der Waals surface area (Å²) in [6.45, 7) is 3.95. The molecular weight excluding hydrogens is 350 g/mol. The van der Waals surface area contributed by atoms with Gasteiger partial charge >= 0.3 is 0 Å². The van der Waals surface area contributed by atoms with Gasteiger partial charge in [-0.05, 0) is 13.3 Å². The molecule has 1 aliphatic rings. The van der Waals surface area contributed by atoms with Crippen LogP contribution in [0.4, 0.5) is 0 Å². The number of aliphatic hydroxyl groups excluding tert-OH is 1. The number of amides is 1. The van der Waals surface area contributed by atoms with Crippen molar-refractivity contribution in [2.24, 2.45) is 0 Å². The summed E-state index contributed by atoms with van der Waals surface area (Å²) in [6.07, 6.45) is 1.74. The summed E-state index contributed by atoms with van der Waals surface area (Å²) in [4.78, 5) is 18.6. The molecule has 0 aromatic carbocycles. The second kappa shape index (κ2) is 7.60. The summed E-state index contributed by atoms with van der Waals surface area (Å²) >= 11 is 7.50. The summed E-state index contributed by atoms with van der Waals surface area (Å²) in [5.74, 6) is -0.175.